The summed E-state index contributed by atoms with van der Waals surface area (Å²) in [7, 11) is 0. The van der Waals surface area contributed by atoms with E-state index in [9.17, 15) is 0 Å². The zero-order chi connectivity index (χ0) is 9.84. The Morgan fingerprint density at radius 1 is 1.54 bits per heavy atom. The van der Waals surface area contributed by atoms with Crippen molar-refractivity contribution in [2.24, 2.45) is 5.73 Å². The minimum absolute atomic E-state index is 0.217. The van der Waals surface area contributed by atoms with E-state index in [1.54, 1.807) is 0 Å². The molecule has 2 atom stereocenters. The van der Waals surface area contributed by atoms with Crippen molar-refractivity contribution >= 4 is 0 Å². The predicted molar refractivity (Wildman–Crippen MR) is 54.6 cm³/mol. The van der Waals surface area contributed by atoms with Crippen LogP contribution < -0.4 is 5.73 Å². The maximum absolute atomic E-state index is 5.71. The largest absolute Gasteiger partial charge is 0.328 e. The van der Waals surface area contributed by atoms with Gasteiger partial charge in [-0.1, -0.05) is 6.92 Å². The van der Waals surface area contributed by atoms with Gasteiger partial charge in [0.25, 0.3) is 0 Å². The van der Waals surface area contributed by atoms with E-state index in [1.807, 2.05) is 17.8 Å². The molecule has 3 heteroatoms. The third-order valence-electron chi connectivity index (χ3n) is 2.26. The smallest absolute Gasteiger partial charge is 0.0522 e. The molecule has 0 spiro atoms. The molecule has 1 rings (SSSR count). The summed E-state index contributed by atoms with van der Waals surface area (Å²) in [5, 5.41) is 4.30. The molecule has 3 nitrogen and oxygen atoms in total. The molecule has 0 aliphatic heterocycles. The van der Waals surface area contributed by atoms with Crippen LogP contribution in [0.15, 0.2) is 12.4 Å². The first-order valence-electron chi connectivity index (χ1n) is 4.92. The molecule has 0 aliphatic carbocycles. The highest BCUT2D eigenvalue weighted by molar-refractivity contribution is 5.05. The molecule has 2 N–H and O–H groups in total. The van der Waals surface area contributed by atoms with Crippen LogP contribution in [0.5, 0.6) is 0 Å². The van der Waals surface area contributed by atoms with E-state index in [2.05, 4.69) is 25.1 Å². The van der Waals surface area contributed by atoms with Crippen molar-refractivity contribution in [2.75, 3.05) is 0 Å². The molecule has 2 unspecified atom stereocenters. The number of nitrogens with two attached hydrogens (primary N) is 1. The zero-order valence-corrected chi connectivity index (χ0v) is 8.70. The molecule has 0 aliphatic rings. The number of aromatic nitrogens is 2. The van der Waals surface area contributed by atoms with Crippen molar-refractivity contribution in [3.05, 3.63) is 18.0 Å². The Morgan fingerprint density at radius 3 is 2.77 bits per heavy atom. The number of rotatable bonds is 4. The molecule has 1 aromatic heterocycles. The van der Waals surface area contributed by atoms with Crippen LogP contribution in [0, 0.1) is 0 Å². The van der Waals surface area contributed by atoms with Crippen LogP contribution >= 0.6 is 0 Å². The van der Waals surface area contributed by atoms with E-state index in [1.165, 1.54) is 5.56 Å². The first kappa shape index (κ1) is 10.3. The molecule has 1 aromatic rings. The van der Waals surface area contributed by atoms with Gasteiger partial charge in [-0.25, -0.2) is 0 Å². The Bertz CT molecular complexity index is 252. The second-order valence-corrected chi connectivity index (χ2v) is 3.77. The van der Waals surface area contributed by atoms with E-state index < -0.39 is 0 Å². The molecule has 13 heavy (non-hydrogen) atoms. The van der Waals surface area contributed by atoms with E-state index in [0.717, 1.165) is 12.8 Å². The van der Waals surface area contributed by atoms with E-state index in [0.29, 0.717) is 6.04 Å². The van der Waals surface area contributed by atoms with Gasteiger partial charge < -0.3 is 5.73 Å². The van der Waals surface area contributed by atoms with Crippen molar-refractivity contribution in [1.29, 1.82) is 0 Å². The summed E-state index contributed by atoms with van der Waals surface area (Å²) >= 11 is 0. The van der Waals surface area contributed by atoms with Gasteiger partial charge in [0.2, 0.25) is 0 Å². The maximum atomic E-state index is 5.71. The summed E-state index contributed by atoms with van der Waals surface area (Å²) in [6.45, 7) is 6.35. The summed E-state index contributed by atoms with van der Waals surface area (Å²) < 4.78 is 2.01. The van der Waals surface area contributed by atoms with Gasteiger partial charge in [0.1, 0.15) is 0 Å². The lowest BCUT2D eigenvalue weighted by Crippen LogP contribution is -2.17. The average Bonchev–Trinajstić information content (AvgIpc) is 2.50. The van der Waals surface area contributed by atoms with Gasteiger partial charge in [-0.3, -0.25) is 4.68 Å². The summed E-state index contributed by atoms with van der Waals surface area (Å²) in [5.41, 5.74) is 6.94. The topological polar surface area (TPSA) is 43.8 Å². The molecular weight excluding hydrogens is 162 g/mol. The molecule has 0 fully saturated rings. The third kappa shape index (κ3) is 2.84. The fourth-order valence-corrected chi connectivity index (χ4v) is 1.28. The highest BCUT2D eigenvalue weighted by Gasteiger charge is 2.05. The molecule has 0 bridgehead atoms. The minimum Gasteiger partial charge on any atom is -0.328 e. The minimum atomic E-state index is 0.217. The lowest BCUT2D eigenvalue weighted by molar-refractivity contribution is 0.477. The van der Waals surface area contributed by atoms with Crippen LogP contribution in [0.25, 0.3) is 0 Å². The van der Waals surface area contributed by atoms with E-state index in [4.69, 9.17) is 5.73 Å². The molecule has 74 valence electrons. The fraction of sp³-hybridized carbons (Fsp3) is 0.700. The maximum Gasteiger partial charge on any atom is 0.0522 e. The lowest BCUT2D eigenvalue weighted by atomic mass is 10.1. The van der Waals surface area contributed by atoms with Crippen molar-refractivity contribution in [1.82, 2.24) is 9.78 Å². The zero-order valence-electron chi connectivity index (χ0n) is 8.70. The summed E-state index contributed by atoms with van der Waals surface area (Å²) in [6.07, 6.45) is 6.03. The van der Waals surface area contributed by atoms with Gasteiger partial charge >= 0.3 is 0 Å². The first-order valence-corrected chi connectivity index (χ1v) is 4.92. The van der Waals surface area contributed by atoms with Gasteiger partial charge in [0.15, 0.2) is 0 Å². The molecule has 0 saturated carbocycles. The number of hydrogen-bond acceptors (Lipinski definition) is 2. The fourth-order valence-electron chi connectivity index (χ4n) is 1.28. The standard InChI is InChI=1S/C10H19N3/c1-4-9(3)13-7-10(6-12-13)5-8(2)11/h6-9H,4-5,11H2,1-3H3. The average molecular weight is 181 g/mol. The molecule has 0 amide bonds. The van der Waals surface area contributed by atoms with E-state index in [-0.39, 0.29) is 6.04 Å². The monoisotopic (exact) mass is 181 g/mol. The molecule has 0 saturated heterocycles. The Hall–Kier alpha value is -0.830. The van der Waals surface area contributed by atoms with Crippen molar-refractivity contribution in [3.8, 4) is 0 Å². The van der Waals surface area contributed by atoms with Crippen LogP contribution in [-0.4, -0.2) is 15.8 Å². The van der Waals surface area contributed by atoms with Crippen molar-refractivity contribution in [3.63, 3.8) is 0 Å². The molecule has 0 aromatic carbocycles. The first-order chi connectivity index (χ1) is 6.13. The summed E-state index contributed by atoms with van der Waals surface area (Å²) in [5.74, 6) is 0. The summed E-state index contributed by atoms with van der Waals surface area (Å²) in [4.78, 5) is 0. The van der Waals surface area contributed by atoms with Crippen LogP contribution in [0.3, 0.4) is 0 Å². The van der Waals surface area contributed by atoms with Gasteiger partial charge in [-0.05, 0) is 32.3 Å². The Morgan fingerprint density at radius 2 is 2.23 bits per heavy atom. The van der Waals surface area contributed by atoms with Crippen LogP contribution in [0.2, 0.25) is 0 Å². The quantitative estimate of drug-likeness (QED) is 0.769. The van der Waals surface area contributed by atoms with Crippen LogP contribution in [0.4, 0.5) is 0 Å². The Kier molecular flexibility index (Phi) is 3.48. The number of hydrogen-bond donors (Lipinski definition) is 1. The SMILES string of the molecule is CCC(C)n1cc(CC(C)N)cn1. The van der Waals surface area contributed by atoms with Crippen LogP contribution in [0.1, 0.15) is 38.8 Å². The second-order valence-electron chi connectivity index (χ2n) is 3.77. The van der Waals surface area contributed by atoms with Gasteiger partial charge in [0.05, 0.1) is 6.20 Å². The number of nitrogens with zero attached hydrogens (tertiary/aromatic N) is 2. The molecule has 0 radical (unpaired) electrons. The van der Waals surface area contributed by atoms with E-state index >= 15 is 0 Å². The van der Waals surface area contributed by atoms with Crippen LogP contribution in [-0.2, 0) is 6.42 Å². The highest BCUT2D eigenvalue weighted by Crippen LogP contribution is 2.10. The Balaban J connectivity index is 2.63. The Labute approximate surface area is 79.9 Å². The predicted octanol–water partition coefficient (Wildman–Crippen LogP) is 1.74. The highest BCUT2D eigenvalue weighted by atomic mass is 15.3. The van der Waals surface area contributed by atoms with Gasteiger partial charge in [-0.2, -0.15) is 5.10 Å². The van der Waals surface area contributed by atoms with Gasteiger partial charge in [0, 0.05) is 18.3 Å². The van der Waals surface area contributed by atoms with Crippen molar-refractivity contribution in [2.45, 2.75) is 45.7 Å². The second kappa shape index (κ2) is 4.42. The lowest BCUT2D eigenvalue weighted by Gasteiger charge is -2.07. The van der Waals surface area contributed by atoms with Crippen molar-refractivity contribution < 1.29 is 0 Å². The summed E-state index contributed by atoms with van der Waals surface area (Å²) in [6, 6.07) is 0.705. The van der Waals surface area contributed by atoms with Gasteiger partial charge in [-0.15, -0.1) is 0 Å². The third-order valence-corrected chi connectivity index (χ3v) is 2.26. The normalized spacial score (nSPS) is 15.7. The molecular formula is C10H19N3. The molecule has 1 heterocycles.